The maximum atomic E-state index is 5.81. The van der Waals surface area contributed by atoms with Crippen molar-refractivity contribution in [1.82, 2.24) is 0 Å². The van der Waals surface area contributed by atoms with Gasteiger partial charge in [0, 0.05) is 5.88 Å². The molecule has 0 aliphatic carbocycles. The third kappa shape index (κ3) is 2.65. The summed E-state index contributed by atoms with van der Waals surface area (Å²) in [5.74, 6) is 1.18. The normalized spacial score (nSPS) is 12.5. The van der Waals surface area contributed by atoms with Crippen molar-refractivity contribution in [1.29, 1.82) is 0 Å². The number of thiophene rings is 1. The summed E-state index contributed by atoms with van der Waals surface area (Å²) in [4.78, 5) is 0. The van der Waals surface area contributed by atoms with Crippen molar-refractivity contribution in [3.05, 3.63) is 28.0 Å². The topological polar surface area (TPSA) is 0 Å². The maximum Gasteiger partial charge on any atom is 0.0439 e. The average Bonchev–Trinajstić information content (AvgIpc) is 2.51. The summed E-state index contributed by atoms with van der Waals surface area (Å²) in [6, 6.07) is 2.11. The predicted molar refractivity (Wildman–Crippen MR) is 57.9 cm³/mol. The van der Waals surface area contributed by atoms with Gasteiger partial charge in [-0.1, -0.05) is 25.5 Å². The minimum atomic E-state index is 0.544. The Bertz CT molecular complexity index is 247. The first-order valence-corrected chi connectivity index (χ1v) is 5.50. The van der Waals surface area contributed by atoms with Gasteiger partial charge in [0.25, 0.3) is 0 Å². The summed E-state index contributed by atoms with van der Waals surface area (Å²) in [6.45, 7) is 4.33. The van der Waals surface area contributed by atoms with E-state index in [4.69, 9.17) is 11.6 Å². The Morgan fingerprint density at radius 3 is 2.83 bits per heavy atom. The van der Waals surface area contributed by atoms with Crippen molar-refractivity contribution in [2.24, 2.45) is 5.92 Å². The zero-order valence-corrected chi connectivity index (χ0v) is 8.95. The van der Waals surface area contributed by atoms with E-state index in [-0.39, 0.29) is 0 Å². The molecule has 0 saturated heterocycles. The van der Waals surface area contributed by atoms with Crippen LogP contribution in [0.25, 0.3) is 6.08 Å². The van der Waals surface area contributed by atoms with Gasteiger partial charge in [-0.25, -0.2) is 0 Å². The number of allylic oxidation sites excluding steroid dienone is 1. The lowest BCUT2D eigenvalue weighted by Crippen LogP contribution is -1.94. The average molecular weight is 201 g/mol. The lowest BCUT2D eigenvalue weighted by atomic mass is 10.0. The molecular weight excluding hydrogens is 188 g/mol. The Kier molecular flexibility index (Phi) is 3.83. The van der Waals surface area contributed by atoms with Gasteiger partial charge in [-0.05, 0) is 28.3 Å². The molecule has 1 heterocycles. The van der Waals surface area contributed by atoms with Crippen molar-refractivity contribution in [2.75, 3.05) is 5.88 Å². The van der Waals surface area contributed by atoms with E-state index in [2.05, 4.69) is 36.7 Å². The summed E-state index contributed by atoms with van der Waals surface area (Å²) >= 11 is 7.53. The second kappa shape index (κ2) is 4.68. The van der Waals surface area contributed by atoms with Gasteiger partial charge in [0.05, 0.1) is 0 Å². The molecule has 0 bridgehead atoms. The second-order valence-electron chi connectivity index (χ2n) is 3.06. The van der Waals surface area contributed by atoms with Crippen LogP contribution in [-0.4, -0.2) is 5.88 Å². The lowest BCUT2D eigenvalue weighted by molar-refractivity contribution is 0.778. The minimum absolute atomic E-state index is 0.544. The Hall–Kier alpha value is -0.270. The molecule has 1 rings (SSSR count). The van der Waals surface area contributed by atoms with Gasteiger partial charge >= 0.3 is 0 Å². The third-order valence-corrected chi connectivity index (χ3v) is 2.80. The van der Waals surface area contributed by atoms with Crippen LogP contribution in [0.2, 0.25) is 0 Å². The van der Waals surface area contributed by atoms with E-state index in [0.717, 1.165) is 0 Å². The summed E-state index contributed by atoms with van der Waals surface area (Å²) in [5, 5.41) is 4.22. The van der Waals surface area contributed by atoms with Crippen LogP contribution in [0.1, 0.15) is 19.4 Å². The van der Waals surface area contributed by atoms with Crippen LogP contribution in [0.15, 0.2) is 22.4 Å². The fraction of sp³-hybridized carbons (Fsp3) is 0.400. The molecule has 1 aromatic rings. The molecular formula is C10H13ClS. The Morgan fingerprint density at radius 2 is 2.42 bits per heavy atom. The zero-order valence-electron chi connectivity index (χ0n) is 7.38. The highest BCUT2D eigenvalue weighted by atomic mass is 35.5. The lowest BCUT2D eigenvalue weighted by Gasteiger charge is -2.06. The van der Waals surface area contributed by atoms with E-state index in [0.29, 0.717) is 11.8 Å². The van der Waals surface area contributed by atoms with Crippen LogP contribution >= 0.6 is 22.9 Å². The fourth-order valence-corrected chi connectivity index (χ4v) is 1.93. The first-order chi connectivity index (χ1) is 5.74. The zero-order chi connectivity index (χ0) is 8.97. The van der Waals surface area contributed by atoms with Gasteiger partial charge in [-0.2, -0.15) is 11.3 Å². The first kappa shape index (κ1) is 9.82. The van der Waals surface area contributed by atoms with Crippen molar-refractivity contribution >= 4 is 29.0 Å². The second-order valence-corrected chi connectivity index (χ2v) is 4.11. The van der Waals surface area contributed by atoms with Gasteiger partial charge in [0.1, 0.15) is 0 Å². The van der Waals surface area contributed by atoms with E-state index in [1.54, 1.807) is 11.3 Å². The van der Waals surface area contributed by atoms with E-state index >= 15 is 0 Å². The van der Waals surface area contributed by atoms with Crippen LogP contribution in [-0.2, 0) is 0 Å². The van der Waals surface area contributed by atoms with Gasteiger partial charge in [0.15, 0.2) is 0 Å². The molecule has 0 fully saturated rings. The predicted octanol–water partition coefficient (Wildman–Crippen LogP) is 4.03. The summed E-state index contributed by atoms with van der Waals surface area (Å²) in [7, 11) is 0. The number of hydrogen-bond donors (Lipinski definition) is 0. The molecule has 2 heteroatoms. The number of hydrogen-bond acceptors (Lipinski definition) is 1. The van der Waals surface area contributed by atoms with Crippen LogP contribution < -0.4 is 0 Å². The Morgan fingerprint density at radius 1 is 1.67 bits per heavy atom. The molecule has 0 aliphatic rings. The molecule has 0 radical (unpaired) electrons. The highest BCUT2D eigenvalue weighted by molar-refractivity contribution is 7.08. The van der Waals surface area contributed by atoms with E-state index < -0.39 is 0 Å². The van der Waals surface area contributed by atoms with E-state index in [1.165, 1.54) is 11.1 Å². The molecule has 1 aromatic heterocycles. The van der Waals surface area contributed by atoms with Gasteiger partial charge in [-0.15, -0.1) is 11.6 Å². The van der Waals surface area contributed by atoms with Crippen molar-refractivity contribution in [3.8, 4) is 0 Å². The Labute approximate surface area is 82.9 Å². The smallest absolute Gasteiger partial charge is 0.0439 e. The number of halogens is 1. The SMILES string of the molecule is CC(C)C(=Cc1ccsc1)CCl. The Balaban J connectivity index is 2.78. The standard InChI is InChI=1S/C10H13ClS/c1-8(2)10(6-11)5-9-3-4-12-7-9/h3-5,7-8H,6H2,1-2H3. The van der Waals surface area contributed by atoms with Crippen LogP contribution in [0, 0.1) is 5.92 Å². The van der Waals surface area contributed by atoms with E-state index in [9.17, 15) is 0 Å². The van der Waals surface area contributed by atoms with E-state index in [1.807, 2.05) is 0 Å². The molecule has 0 aliphatic heterocycles. The molecule has 0 spiro atoms. The molecule has 66 valence electrons. The van der Waals surface area contributed by atoms with Crippen molar-refractivity contribution in [2.45, 2.75) is 13.8 Å². The quantitative estimate of drug-likeness (QED) is 0.647. The van der Waals surface area contributed by atoms with Crippen LogP contribution in [0.4, 0.5) is 0 Å². The molecule has 0 atom stereocenters. The molecule has 0 aromatic carbocycles. The van der Waals surface area contributed by atoms with Crippen LogP contribution in [0.5, 0.6) is 0 Å². The molecule has 0 unspecified atom stereocenters. The third-order valence-electron chi connectivity index (χ3n) is 1.79. The first-order valence-electron chi connectivity index (χ1n) is 4.02. The highest BCUT2D eigenvalue weighted by Gasteiger charge is 2.01. The van der Waals surface area contributed by atoms with Gasteiger partial charge in [0.2, 0.25) is 0 Å². The fourth-order valence-electron chi connectivity index (χ4n) is 0.931. The summed E-state index contributed by atoms with van der Waals surface area (Å²) in [5.41, 5.74) is 2.57. The van der Waals surface area contributed by atoms with Crippen molar-refractivity contribution < 1.29 is 0 Å². The number of alkyl halides is 1. The summed E-state index contributed by atoms with van der Waals surface area (Å²) in [6.07, 6.45) is 2.17. The highest BCUT2D eigenvalue weighted by Crippen LogP contribution is 2.17. The van der Waals surface area contributed by atoms with Crippen LogP contribution in [0.3, 0.4) is 0 Å². The molecule has 0 amide bonds. The monoisotopic (exact) mass is 200 g/mol. The molecule has 12 heavy (non-hydrogen) atoms. The minimum Gasteiger partial charge on any atom is -0.152 e. The number of rotatable bonds is 3. The van der Waals surface area contributed by atoms with Crippen molar-refractivity contribution in [3.63, 3.8) is 0 Å². The largest absolute Gasteiger partial charge is 0.152 e. The summed E-state index contributed by atoms with van der Waals surface area (Å²) < 4.78 is 0. The molecule has 0 N–H and O–H groups in total. The molecule has 0 saturated carbocycles. The van der Waals surface area contributed by atoms with Gasteiger partial charge < -0.3 is 0 Å². The van der Waals surface area contributed by atoms with Gasteiger partial charge in [-0.3, -0.25) is 0 Å². The molecule has 0 nitrogen and oxygen atoms in total. The maximum absolute atomic E-state index is 5.81.